The van der Waals surface area contributed by atoms with Crippen molar-refractivity contribution in [2.45, 2.75) is 6.54 Å². The maximum atomic E-state index is 13.0. The van der Waals surface area contributed by atoms with Crippen LogP contribution in [0.5, 0.6) is 0 Å². The van der Waals surface area contributed by atoms with E-state index in [1.165, 1.54) is 30.3 Å². The summed E-state index contributed by atoms with van der Waals surface area (Å²) in [5.74, 6) is -0.352. The van der Waals surface area contributed by atoms with Gasteiger partial charge in [-0.3, -0.25) is 10.1 Å². The highest BCUT2D eigenvalue weighted by molar-refractivity contribution is 6.31. The fourth-order valence-electron chi connectivity index (χ4n) is 1.61. The molecule has 0 heterocycles. The Kier molecular flexibility index (Phi) is 3.97. The van der Waals surface area contributed by atoms with Gasteiger partial charge in [0.05, 0.1) is 4.92 Å². The zero-order chi connectivity index (χ0) is 13.8. The lowest BCUT2D eigenvalue weighted by Crippen LogP contribution is -2.01. The second kappa shape index (κ2) is 5.67. The minimum Gasteiger partial charge on any atom is -0.381 e. The molecule has 19 heavy (non-hydrogen) atoms. The number of non-ortho nitro benzene ring substituents is 1. The fraction of sp³-hybridized carbons (Fsp3) is 0.0769. The van der Waals surface area contributed by atoms with Crippen LogP contribution in [0.1, 0.15) is 5.56 Å². The monoisotopic (exact) mass is 280 g/mol. The van der Waals surface area contributed by atoms with Crippen LogP contribution in [0.2, 0.25) is 5.02 Å². The van der Waals surface area contributed by atoms with E-state index in [2.05, 4.69) is 5.32 Å². The summed E-state index contributed by atoms with van der Waals surface area (Å²) in [6.45, 7) is 0.282. The maximum absolute atomic E-state index is 13.0. The van der Waals surface area contributed by atoms with Gasteiger partial charge < -0.3 is 5.32 Å². The lowest BCUT2D eigenvalue weighted by molar-refractivity contribution is -0.384. The van der Waals surface area contributed by atoms with Crippen molar-refractivity contribution in [2.24, 2.45) is 0 Å². The Bertz CT molecular complexity index is 619. The van der Waals surface area contributed by atoms with Crippen molar-refractivity contribution in [1.29, 1.82) is 0 Å². The highest BCUT2D eigenvalue weighted by atomic mass is 35.5. The molecule has 2 rings (SSSR count). The normalized spacial score (nSPS) is 10.2. The second-order valence-corrected chi connectivity index (χ2v) is 4.30. The summed E-state index contributed by atoms with van der Waals surface area (Å²) in [5.41, 5.74) is 1.14. The molecular formula is C13H10ClFN2O2. The summed E-state index contributed by atoms with van der Waals surface area (Å²) in [4.78, 5) is 10.2. The lowest BCUT2D eigenvalue weighted by atomic mass is 10.2. The molecule has 0 spiro atoms. The van der Waals surface area contributed by atoms with Gasteiger partial charge in [0.1, 0.15) is 5.82 Å². The van der Waals surface area contributed by atoms with Gasteiger partial charge in [0, 0.05) is 29.4 Å². The third kappa shape index (κ3) is 3.42. The second-order valence-electron chi connectivity index (χ2n) is 3.90. The largest absolute Gasteiger partial charge is 0.381 e. The zero-order valence-corrected chi connectivity index (χ0v) is 10.5. The topological polar surface area (TPSA) is 55.2 Å². The number of rotatable bonds is 4. The van der Waals surface area contributed by atoms with E-state index in [1.54, 1.807) is 12.1 Å². The third-order valence-electron chi connectivity index (χ3n) is 2.55. The average Bonchev–Trinajstić information content (AvgIpc) is 2.37. The van der Waals surface area contributed by atoms with Gasteiger partial charge in [-0.2, -0.15) is 0 Å². The van der Waals surface area contributed by atoms with Crippen LogP contribution >= 0.6 is 11.6 Å². The first-order valence-electron chi connectivity index (χ1n) is 5.48. The Morgan fingerprint density at radius 3 is 2.74 bits per heavy atom. The lowest BCUT2D eigenvalue weighted by Gasteiger charge is -2.08. The van der Waals surface area contributed by atoms with Gasteiger partial charge in [-0.1, -0.05) is 17.7 Å². The fourth-order valence-corrected chi connectivity index (χ4v) is 1.79. The van der Waals surface area contributed by atoms with Crippen LogP contribution in [-0.4, -0.2) is 4.92 Å². The molecule has 2 aromatic rings. The van der Waals surface area contributed by atoms with Crippen LogP contribution in [0.15, 0.2) is 42.5 Å². The van der Waals surface area contributed by atoms with Crippen LogP contribution in [-0.2, 0) is 6.54 Å². The molecule has 0 bridgehead atoms. The van der Waals surface area contributed by atoms with E-state index < -0.39 is 4.92 Å². The molecule has 2 aromatic carbocycles. The van der Waals surface area contributed by atoms with E-state index in [0.29, 0.717) is 16.3 Å². The van der Waals surface area contributed by atoms with Gasteiger partial charge in [0.2, 0.25) is 0 Å². The van der Waals surface area contributed by atoms with E-state index >= 15 is 0 Å². The number of anilines is 1. The Morgan fingerprint density at radius 1 is 1.26 bits per heavy atom. The van der Waals surface area contributed by atoms with Crippen LogP contribution in [0, 0.1) is 15.9 Å². The number of nitrogens with zero attached hydrogens (tertiary/aromatic N) is 1. The van der Waals surface area contributed by atoms with Crippen molar-refractivity contribution in [2.75, 3.05) is 5.32 Å². The first kappa shape index (κ1) is 13.3. The average molecular weight is 281 g/mol. The van der Waals surface area contributed by atoms with Crippen molar-refractivity contribution in [3.05, 3.63) is 69.0 Å². The Balaban J connectivity index is 2.15. The number of nitro benzene ring substituents is 1. The van der Waals surface area contributed by atoms with Crippen molar-refractivity contribution in [3.63, 3.8) is 0 Å². The Hall–Kier alpha value is -2.14. The van der Waals surface area contributed by atoms with Gasteiger partial charge in [-0.25, -0.2) is 4.39 Å². The minimum atomic E-state index is -0.484. The number of halogens is 2. The van der Waals surface area contributed by atoms with Gasteiger partial charge in [0.25, 0.3) is 5.69 Å². The molecule has 4 nitrogen and oxygen atoms in total. The summed E-state index contributed by atoms with van der Waals surface area (Å²) >= 11 is 5.96. The molecule has 0 radical (unpaired) electrons. The van der Waals surface area contributed by atoms with Crippen molar-refractivity contribution >= 4 is 23.0 Å². The summed E-state index contributed by atoms with van der Waals surface area (Å²) in [7, 11) is 0. The van der Waals surface area contributed by atoms with Gasteiger partial charge in [-0.05, 0) is 29.8 Å². The molecule has 98 valence electrons. The molecule has 6 heteroatoms. The van der Waals surface area contributed by atoms with Crippen LogP contribution in [0.4, 0.5) is 15.8 Å². The van der Waals surface area contributed by atoms with E-state index in [9.17, 15) is 14.5 Å². The van der Waals surface area contributed by atoms with Crippen LogP contribution in [0.25, 0.3) is 0 Å². The summed E-state index contributed by atoms with van der Waals surface area (Å²) in [6.07, 6.45) is 0. The Morgan fingerprint density at radius 2 is 2.05 bits per heavy atom. The number of nitro groups is 1. The predicted molar refractivity (Wildman–Crippen MR) is 71.8 cm³/mol. The molecule has 0 aliphatic heterocycles. The number of nitrogens with one attached hydrogen (secondary N) is 1. The Labute approximate surface area is 114 Å². The molecule has 1 N–H and O–H groups in total. The zero-order valence-electron chi connectivity index (χ0n) is 9.77. The molecule has 0 amide bonds. The summed E-state index contributed by atoms with van der Waals surface area (Å²) in [5, 5.41) is 14.1. The number of benzene rings is 2. The van der Waals surface area contributed by atoms with E-state index in [0.717, 1.165) is 0 Å². The quantitative estimate of drug-likeness (QED) is 0.680. The molecule has 0 saturated carbocycles. The molecule has 0 aliphatic carbocycles. The third-order valence-corrected chi connectivity index (χ3v) is 2.92. The first-order chi connectivity index (χ1) is 9.06. The molecule has 0 aliphatic rings. The number of hydrogen-bond donors (Lipinski definition) is 1. The van der Waals surface area contributed by atoms with Crippen molar-refractivity contribution in [1.82, 2.24) is 0 Å². The number of hydrogen-bond acceptors (Lipinski definition) is 3. The maximum Gasteiger partial charge on any atom is 0.269 e. The van der Waals surface area contributed by atoms with E-state index in [-0.39, 0.29) is 18.0 Å². The van der Waals surface area contributed by atoms with Gasteiger partial charge in [-0.15, -0.1) is 0 Å². The van der Waals surface area contributed by atoms with Crippen molar-refractivity contribution in [3.8, 4) is 0 Å². The van der Waals surface area contributed by atoms with Gasteiger partial charge >= 0.3 is 0 Å². The molecule has 0 atom stereocenters. The summed E-state index contributed by atoms with van der Waals surface area (Å²) in [6, 6.07) is 10.2. The molecule has 0 saturated heterocycles. The molecule has 0 unspecified atom stereocenters. The molecule has 0 fully saturated rings. The van der Waals surface area contributed by atoms with Crippen LogP contribution < -0.4 is 5.32 Å². The standard InChI is InChI=1S/C13H10ClFN2O2/c14-13-5-4-12(17(18)19)6-9(13)8-16-11-3-1-2-10(15)7-11/h1-7,16H,8H2. The van der Waals surface area contributed by atoms with Crippen LogP contribution in [0.3, 0.4) is 0 Å². The highest BCUT2D eigenvalue weighted by Gasteiger charge is 2.09. The first-order valence-corrected chi connectivity index (χ1v) is 5.86. The van der Waals surface area contributed by atoms with Crippen molar-refractivity contribution < 1.29 is 9.31 Å². The molecular weight excluding hydrogens is 271 g/mol. The molecule has 0 aromatic heterocycles. The minimum absolute atomic E-state index is 0.0274. The van der Waals surface area contributed by atoms with E-state index in [4.69, 9.17) is 11.6 Å². The van der Waals surface area contributed by atoms with Gasteiger partial charge in [0.15, 0.2) is 0 Å². The smallest absolute Gasteiger partial charge is 0.269 e. The van der Waals surface area contributed by atoms with E-state index in [1.807, 2.05) is 0 Å². The SMILES string of the molecule is O=[N+]([O-])c1ccc(Cl)c(CNc2cccc(F)c2)c1. The predicted octanol–water partition coefficient (Wildman–Crippen LogP) is 4.00. The summed E-state index contributed by atoms with van der Waals surface area (Å²) < 4.78 is 13.0. The highest BCUT2D eigenvalue weighted by Crippen LogP contribution is 2.23.